The Kier molecular flexibility index (Phi) is 3.26. The summed E-state index contributed by atoms with van der Waals surface area (Å²) in [5.74, 6) is 1.25. The molecular formula is C15H22N4O2. The van der Waals surface area contributed by atoms with E-state index in [1.54, 1.807) is 24.9 Å². The molecule has 0 radical (unpaired) electrons. The summed E-state index contributed by atoms with van der Waals surface area (Å²) in [4.78, 5) is 31.1. The van der Waals surface area contributed by atoms with Gasteiger partial charge < -0.3 is 14.8 Å². The molecule has 1 aliphatic heterocycles. The Morgan fingerprint density at radius 3 is 2.67 bits per heavy atom. The van der Waals surface area contributed by atoms with Crippen molar-refractivity contribution in [1.82, 2.24) is 19.8 Å². The van der Waals surface area contributed by atoms with Gasteiger partial charge in [0.25, 0.3) is 0 Å². The Labute approximate surface area is 124 Å². The molecule has 1 unspecified atom stereocenters. The minimum absolute atomic E-state index is 0.00760. The normalized spacial score (nSPS) is 25.1. The van der Waals surface area contributed by atoms with Crippen LogP contribution in [0.1, 0.15) is 32.5 Å². The molecule has 6 nitrogen and oxygen atoms in total. The lowest BCUT2D eigenvalue weighted by molar-refractivity contribution is -0.154. The van der Waals surface area contributed by atoms with Gasteiger partial charge in [-0.25, -0.2) is 4.98 Å². The van der Waals surface area contributed by atoms with E-state index in [1.165, 1.54) is 0 Å². The molecule has 0 aromatic carbocycles. The maximum absolute atomic E-state index is 12.7. The maximum atomic E-state index is 12.7. The van der Waals surface area contributed by atoms with Crippen LogP contribution >= 0.6 is 0 Å². The van der Waals surface area contributed by atoms with Gasteiger partial charge in [0.15, 0.2) is 0 Å². The van der Waals surface area contributed by atoms with Gasteiger partial charge in [-0.1, -0.05) is 0 Å². The van der Waals surface area contributed by atoms with Crippen LogP contribution in [0.2, 0.25) is 0 Å². The Bertz CT molecular complexity index is 574. The van der Waals surface area contributed by atoms with Crippen molar-refractivity contribution in [3.05, 3.63) is 18.2 Å². The standard InChI is InChI=1S/C15H22N4O2/c1-15(2)14(21)19(8-6-11-16-7-9-18(11)3)12(10-4-5-10)13(20)17-15/h7,9-10,12H,4-6,8H2,1-3H3,(H,17,20). The van der Waals surface area contributed by atoms with Crippen molar-refractivity contribution in [3.63, 3.8) is 0 Å². The highest BCUT2D eigenvalue weighted by molar-refractivity contribution is 5.99. The van der Waals surface area contributed by atoms with E-state index in [0.717, 1.165) is 18.7 Å². The third kappa shape index (κ3) is 2.54. The second-order valence-electron chi connectivity index (χ2n) is 6.60. The summed E-state index contributed by atoms with van der Waals surface area (Å²) >= 11 is 0. The smallest absolute Gasteiger partial charge is 0.248 e. The zero-order valence-corrected chi connectivity index (χ0v) is 12.8. The molecule has 6 heteroatoms. The van der Waals surface area contributed by atoms with Crippen LogP contribution in [0, 0.1) is 5.92 Å². The second kappa shape index (κ2) is 4.86. The first-order valence-electron chi connectivity index (χ1n) is 7.49. The molecule has 1 N–H and O–H groups in total. The van der Waals surface area contributed by atoms with Crippen LogP contribution in [0.3, 0.4) is 0 Å². The summed E-state index contributed by atoms with van der Waals surface area (Å²) < 4.78 is 1.95. The molecule has 0 bridgehead atoms. The number of imidazole rings is 1. The van der Waals surface area contributed by atoms with Gasteiger partial charge in [0.2, 0.25) is 11.8 Å². The number of carbonyl (C=O) groups excluding carboxylic acids is 2. The van der Waals surface area contributed by atoms with Crippen LogP contribution in [-0.4, -0.2) is 44.4 Å². The van der Waals surface area contributed by atoms with Crippen LogP contribution in [0.4, 0.5) is 0 Å². The van der Waals surface area contributed by atoms with Crippen molar-refractivity contribution in [2.45, 2.75) is 44.7 Å². The Morgan fingerprint density at radius 2 is 2.10 bits per heavy atom. The lowest BCUT2D eigenvalue weighted by Gasteiger charge is -2.43. The summed E-state index contributed by atoms with van der Waals surface area (Å²) in [6, 6.07) is -0.300. The summed E-state index contributed by atoms with van der Waals surface area (Å²) in [6.07, 6.45) is 6.38. The molecule has 2 heterocycles. The molecule has 2 amide bonds. The number of amides is 2. The van der Waals surface area contributed by atoms with E-state index in [4.69, 9.17) is 0 Å². The topological polar surface area (TPSA) is 67.2 Å². The molecule has 1 aromatic rings. The summed E-state index contributed by atoms with van der Waals surface area (Å²) in [5.41, 5.74) is -0.815. The highest BCUT2D eigenvalue weighted by Crippen LogP contribution is 2.38. The largest absolute Gasteiger partial charge is 0.340 e. The molecule has 2 fully saturated rings. The zero-order valence-electron chi connectivity index (χ0n) is 12.8. The quantitative estimate of drug-likeness (QED) is 0.877. The van der Waals surface area contributed by atoms with Crippen molar-refractivity contribution >= 4 is 11.8 Å². The molecule has 2 aliphatic rings. The Hall–Kier alpha value is -1.85. The monoisotopic (exact) mass is 290 g/mol. The third-order valence-corrected chi connectivity index (χ3v) is 4.40. The SMILES string of the molecule is Cn1ccnc1CCN1C(=O)C(C)(C)NC(=O)C1C1CC1. The minimum atomic E-state index is -0.815. The van der Waals surface area contributed by atoms with E-state index in [9.17, 15) is 9.59 Å². The van der Waals surface area contributed by atoms with Gasteiger partial charge in [-0.15, -0.1) is 0 Å². The first-order valence-corrected chi connectivity index (χ1v) is 7.49. The molecule has 0 spiro atoms. The van der Waals surface area contributed by atoms with E-state index in [2.05, 4.69) is 10.3 Å². The molecule has 1 aliphatic carbocycles. The molecule has 1 aromatic heterocycles. The van der Waals surface area contributed by atoms with Crippen LogP contribution < -0.4 is 5.32 Å². The van der Waals surface area contributed by atoms with Crippen LogP contribution in [0.5, 0.6) is 0 Å². The van der Waals surface area contributed by atoms with Crippen molar-refractivity contribution < 1.29 is 9.59 Å². The molecule has 1 saturated carbocycles. The fraction of sp³-hybridized carbons (Fsp3) is 0.667. The van der Waals surface area contributed by atoms with Crippen LogP contribution in [0.25, 0.3) is 0 Å². The number of rotatable bonds is 4. The highest BCUT2D eigenvalue weighted by Gasteiger charge is 2.50. The number of hydrogen-bond donors (Lipinski definition) is 1. The predicted octanol–water partition coefficient (Wildman–Crippen LogP) is 0.478. The lowest BCUT2D eigenvalue weighted by atomic mass is 9.94. The predicted molar refractivity (Wildman–Crippen MR) is 77.4 cm³/mol. The van der Waals surface area contributed by atoms with Gasteiger partial charge in [0, 0.05) is 32.4 Å². The highest BCUT2D eigenvalue weighted by atomic mass is 16.2. The maximum Gasteiger partial charge on any atom is 0.248 e. The van der Waals surface area contributed by atoms with Gasteiger partial charge in [-0.05, 0) is 32.6 Å². The summed E-state index contributed by atoms with van der Waals surface area (Å²) in [7, 11) is 1.94. The number of aryl methyl sites for hydroxylation is 1. The number of hydrogen-bond acceptors (Lipinski definition) is 3. The molecule has 3 rings (SSSR count). The molecular weight excluding hydrogens is 268 g/mol. The first kappa shape index (κ1) is 14.1. The van der Waals surface area contributed by atoms with Crippen molar-refractivity contribution in [3.8, 4) is 0 Å². The minimum Gasteiger partial charge on any atom is -0.340 e. The van der Waals surface area contributed by atoms with E-state index >= 15 is 0 Å². The third-order valence-electron chi connectivity index (χ3n) is 4.40. The molecule has 21 heavy (non-hydrogen) atoms. The number of carbonyl (C=O) groups is 2. The van der Waals surface area contributed by atoms with Crippen molar-refractivity contribution in [1.29, 1.82) is 0 Å². The molecule has 114 valence electrons. The lowest BCUT2D eigenvalue weighted by Crippen LogP contribution is -2.68. The summed E-state index contributed by atoms with van der Waals surface area (Å²) in [5, 5.41) is 2.86. The molecule has 1 atom stereocenters. The summed E-state index contributed by atoms with van der Waals surface area (Å²) in [6.45, 7) is 4.08. The van der Waals surface area contributed by atoms with Gasteiger partial charge in [0.05, 0.1) is 0 Å². The van der Waals surface area contributed by atoms with E-state index < -0.39 is 5.54 Å². The Morgan fingerprint density at radius 1 is 1.38 bits per heavy atom. The molecule has 1 saturated heterocycles. The van der Waals surface area contributed by atoms with E-state index in [1.807, 2.05) is 17.8 Å². The van der Waals surface area contributed by atoms with Gasteiger partial charge in [0.1, 0.15) is 17.4 Å². The average molecular weight is 290 g/mol. The van der Waals surface area contributed by atoms with Crippen molar-refractivity contribution in [2.75, 3.05) is 6.54 Å². The number of aromatic nitrogens is 2. The van der Waals surface area contributed by atoms with Crippen LogP contribution in [0.15, 0.2) is 12.4 Å². The van der Waals surface area contributed by atoms with E-state index in [-0.39, 0.29) is 17.9 Å². The van der Waals surface area contributed by atoms with Crippen LogP contribution in [-0.2, 0) is 23.1 Å². The Balaban J connectivity index is 1.79. The van der Waals surface area contributed by atoms with Gasteiger partial charge in [-0.2, -0.15) is 0 Å². The first-order chi connectivity index (χ1) is 9.90. The zero-order chi connectivity index (χ0) is 15.2. The van der Waals surface area contributed by atoms with E-state index in [0.29, 0.717) is 18.9 Å². The van der Waals surface area contributed by atoms with Gasteiger partial charge in [-0.3, -0.25) is 9.59 Å². The number of piperazine rings is 1. The number of nitrogens with zero attached hydrogens (tertiary/aromatic N) is 3. The fourth-order valence-corrected chi connectivity index (χ4v) is 3.04. The second-order valence-corrected chi connectivity index (χ2v) is 6.60. The van der Waals surface area contributed by atoms with Crippen molar-refractivity contribution in [2.24, 2.45) is 13.0 Å². The van der Waals surface area contributed by atoms with Gasteiger partial charge >= 0.3 is 0 Å². The fourth-order valence-electron chi connectivity index (χ4n) is 3.04. The average Bonchev–Trinajstić information content (AvgIpc) is 3.15. The number of nitrogens with one attached hydrogen (secondary N) is 1.